The van der Waals surface area contributed by atoms with E-state index in [2.05, 4.69) is 20.8 Å². The fourth-order valence-corrected chi connectivity index (χ4v) is 3.89. The van der Waals surface area contributed by atoms with Crippen molar-refractivity contribution in [2.75, 3.05) is 11.1 Å². The van der Waals surface area contributed by atoms with Gasteiger partial charge in [-0.3, -0.25) is 9.59 Å². The predicted molar refractivity (Wildman–Crippen MR) is 124 cm³/mol. The maximum absolute atomic E-state index is 12.6. The first-order valence-electron chi connectivity index (χ1n) is 9.71. The smallest absolute Gasteiger partial charge is 0.252 e. The number of aryl methyl sites for hydroxylation is 2. The Labute approximate surface area is 190 Å². The second-order valence-electron chi connectivity index (χ2n) is 7.21. The summed E-state index contributed by atoms with van der Waals surface area (Å²) in [5.74, 6) is 0.436. The van der Waals surface area contributed by atoms with Gasteiger partial charge in [-0.05, 0) is 50.1 Å². The van der Waals surface area contributed by atoms with E-state index in [1.807, 2.05) is 58.2 Å². The van der Waals surface area contributed by atoms with Gasteiger partial charge in [0.25, 0.3) is 5.91 Å². The van der Waals surface area contributed by atoms with Crippen LogP contribution in [0.25, 0.3) is 0 Å². The first kappa shape index (κ1) is 22.8. The third kappa shape index (κ3) is 5.65. The highest BCUT2D eigenvalue weighted by Gasteiger charge is 2.19. The second kappa shape index (κ2) is 9.98. The molecule has 0 radical (unpaired) electrons. The molecule has 2 N–H and O–H groups in total. The monoisotopic (exact) mass is 457 g/mol. The maximum Gasteiger partial charge on any atom is 0.252 e. The average molecular weight is 458 g/mol. The molecule has 1 atom stereocenters. The molecule has 0 unspecified atom stereocenters. The first-order chi connectivity index (χ1) is 14.8. The molecule has 0 aliphatic carbocycles. The number of benzene rings is 2. The van der Waals surface area contributed by atoms with Gasteiger partial charge in [0.1, 0.15) is 0 Å². The zero-order chi connectivity index (χ0) is 22.5. The van der Waals surface area contributed by atoms with Gasteiger partial charge in [-0.2, -0.15) is 0 Å². The molecule has 2 amide bonds. The van der Waals surface area contributed by atoms with Crippen molar-refractivity contribution in [1.29, 1.82) is 0 Å². The molecule has 0 fully saturated rings. The lowest BCUT2D eigenvalue weighted by Crippen LogP contribution is -2.29. The fraction of sp³-hybridized carbons (Fsp3) is 0.273. The van der Waals surface area contributed by atoms with Crippen LogP contribution >= 0.6 is 23.4 Å². The van der Waals surface area contributed by atoms with Crippen LogP contribution in [0.5, 0.6) is 0 Å². The van der Waals surface area contributed by atoms with Crippen LogP contribution in [0.4, 0.5) is 5.69 Å². The van der Waals surface area contributed by atoms with Crippen LogP contribution < -0.4 is 10.6 Å². The fourth-order valence-electron chi connectivity index (χ4n) is 2.99. The molecule has 1 aromatic heterocycles. The number of rotatable bonds is 7. The standard InChI is InChI=1S/C22H24ClN5O2S/c1-13-7-5-6-8-17(13)21(30)24-15(3)20-26-27-22(28(20)4)31-12-19(29)25-16-10-9-14(2)18(23)11-16/h5-11,15H,12H2,1-4H3,(H,24,30)(H,25,29)/t15-/m0/s1. The van der Waals surface area contributed by atoms with Gasteiger partial charge in [0.05, 0.1) is 11.8 Å². The number of nitrogens with one attached hydrogen (secondary N) is 2. The maximum atomic E-state index is 12.6. The molecule has 0 saturated carbocycles. The number of hydrogen-bond donors (Lipinski definition) is 2. The van der Waals surface area contributed by atoms with Gasteiger partial charge < -0.3 is 15.2 Å². The Balaban J connectivity index is 1.59. The minimum absolute atomic E-state index is 0.168. The van der Waals surface area contributed by atoms with Crippen LogP contribution in [0.15, 0.2) is 47.6 Å². The molecular formula is C22H24ClN5O2S. The van der Waals surface area contributed by atoms with Crippen LogP contribution in [-0.2, 0) is 11.8 Å². The summed E-state index contributed by atoms with van der Waals surface area (Å²) in [6.07, 6.45) is 0. The van der Waals surface area contributed by atoms with Gasteiger partial charge in [0, 0.05) is 23.3 Å². The topological polar surface area (TPSA) is 88.9 Å². The van der Waals surface area contributed by atoms with Crippen LogP contribution in [0.1, 0.15) is 40.3 Å². The third-order valence-electron chi connectivity index (χ3n) is 4.78. The minimum atomic E-state index is -0.345. The van der Waals surface area contributed by atoms with E-state index in [4.69, 9.17) is 11.6 Å². The molecule has 9 heteroatoms. The molecule has 2 aromatic carbocycles. The summed E-state index contributed by atoms with van der Waals surface area (Å²) in [5.41, 5.74) is 3.12. The Morgan fingerprint density at radius 2 is 1.87 bits per heavy atom. The average Bonchev–Trinajstić information content (AvgIpc) is 3.10. The Morgan fingerprint density at radius 1 is 1.13 bits per heavy atom. The van der Waals surface area contributed by atoms with Crippen molar-refractivity contribution in [1.82, 2.24) is 20.1 Å². The van der Waals surface area contributed by atoms with Gasteiger partial charge in [-0.1, -0.05) is 47.6 Å². The lowest BCUT2D eigenvalue weighted by atomic mass is 10.1. The van der Waals surface area contributed by atoms with Crippen molar-refractivity contribution in [2.24, 2.45) is 7.05 Å². The zero-order valence-corrected chi connectivity index (χ0v) is 19.3. The molecule has 0 bridgehead atoms. The highest BCUT2D eigenvalue weighted by Crippen LogP contribution is 2.22. The van der Waals surface area contributed by atoms with Crippen LogP contribution in [0, 0.1) is 13.8 Å². The molecule has 0 aliphatic heterocycles. The van der Waals surface area contributed by atoms with E-state index in [0.717, 1.165) is 11.1 Å². The van der Waals surface area contributed by atoms with Crippen LogP contribution in [-0.4, -0.2) is 32.3 Å². The van der Waals surface area contributed by atoms with Gasteiger partial charge in [0.15, 0.2) is 11.0 Å². The Bertz CT molecular complexity index is 1120. The van der Waals surface area contributed by atoms with Crippen molar-refractivity contribution >= 4 is 40.9 Å². The molecule has 31 heavy (non-hydrogen) atoms. The van der Waals surface area contributed by atoms with Crippen molar-refractivity contribution < 1.29 is 9.59 Å². The minimum Gasteiger partial charge on any atom is -0.342 e. The lowest BCUT2D eigenvalue weighted by molar-refractivity contribution is -0.113. The van der Waals surface area contributed by atoms with E-state index >= 15 is 0 Å². The normalized spacial score (nSPS) is 11.8. The van der Waals surface area contributed by atoms with Crippen molar-refractivity contribution in [2.45, 2.75) is 32.0 Å². The Hall–Kier alpha value is -2.84. The molecule has 3 aromatic rings. The summed E-state index contributed by atoms with van der Waals surface area (Å²) in [7, 11) is 1.81. The predicted octanol–water partition coefficient (Wildman–Crippen LogP) is 4.31. The third-order valence-corrected chi connectivity index (χ3v) is 6.21. The molecule has 0 aliphatic rings. The van der Waals surface area contributed by atoms with Crippen molar-refractivity contribution in [3.63, 3.8) is 0 Å². The summed E-state index contributed by atoms with van der Waals surface area (Å²) in [6, 6.07) is 12.4. The molecule has 3 rings (SSSR count). The number of halogens is 1. The Morgan fingerprint density at radius 3 is 2.58 bits per heavy atom. The van der Waals surface area contributed by atoms with Gasteiger partial charge in [-0.25, -0.2) is 0 Å². The number of thioether (sulfide) groups is 1. The summed E-state index contributed by atoms with van der Waals surface area (Å²) in [5, 5.41) is 15.3. The Kier molecular flexibility index (Phi) is 7.35. The lowest BCUT2D eigenvalue weighted by Gasteiger charge is -2.14. The van der Waals surface area contributed by atoms with Gasteiger partial charge in [0.2, 0.25) is 5.91 Å². The molecular weight excluding hydrogens is 434 g/mol. The SMILES string of the molecule is Cc1ccc(NC(=O)CSc2nnc([C@H](C)NC(=O)c3ccccc3C)n2C)cc1Cl. The van der Waals surface area contributed by atoms with Crippen molar-refractivity contribution in [3.05, 3.63) is 70.0 Å². The number of carbonyl (C=O) groups is 2. The molecule has 0 spiro atoms. The molecule has 162 valence electrons. The van der Waals surface area contributed by atoms with E-state index in [9.17, 15) is 9.59 Å². The summed E-state index contributed by atoms with van der Waals surface area (Å²) >= 11 is 7.37. The number of amides is 2. The molecule has 7 nitrogen and oxygen atoms in total. The van der Waals surface area contributed by atoms with E-state index in [1.165, 1.54) is 11.8 Å². The molecule has 0 saturated heterocycles. The number of nitrogens with zero attached hydrogens (tertiary/aromatic N) is 3. The van der Waals surface area contributed by atoms with Crippen LogP contribution in [0.3, 0.4) is 0 Å². The highest BCUT2D eigenvalue weighted by atomic mass is 35.5. The summed E-state index contributed by atoms with van der Waals surface area (Å²) < 4.78 is 1.78. The van der Waals surface area contributed by atoms with E-state index in [0.29, 0.717) is 27.3 Å². The van der Waals surface area contributed by atoms with Gasteiger partial charge in [-0.15, -0.1) is 10.2 Å². The summed E-state index contributed by atoms with van der Waals surface area (Å²) in [4.78, 5) is 24.8. The number of carbonyl (C=O) groups excluding carboxylic acids is 2. The number of hydrogen-bond acceptors (Lipinski definition) is 5. The highest BCUT2D eigenvalue weighted by molar-refractivity contribution is 7.99. The van der Waals surface area contributed by atoms with Gasteiger partial charge >= 0.3 is 0 Å². The second-order valence-corrected chi connectivity index (χ2v) is 8.56. The molecule has 1 heterocycles. The quantitative estimate of drug-likeness (QED) is 0.516. The van der Waals surface area contributed by atoms with E-state index in [1.54, 1.807) is 16.7 Å². The first-order valence-corrected chi connectivity index (χ1v) is 11.1. The number of anilines is 1. The zero-order valence-electron chi connectivity index (χ0n) is 17.8. The van der Waals surface area contributed by atoms with Crippen molar-refractivity contribution in [3.8, 4) is 0 Å². The van der Waals surface area contributed by atoms with Crippen LogP contribution in [0.2, 0.25) is 5.02 Å². The largest absolute Gasteiger partial charge is 0.342 e. The summed E-state index contributed by atoms with van der Waals surface area (Å²) in [6.45, 7) is 5.65. The van der Waals surface area contributed by atoms with E-state index < -0.39 is 0 Å². The number of aromatic nitrogens is 3. The van der Waals surface area contributed by atoms with E-state index in [-0.39, 0.29) is 23.6 Å².